The lowest BCUT2D eigenvalue weighted by Crippen LogP contribution is -2.29. The quantitative estimate of drug-likeness (QED) is 0.647. The van der Waals surface area contributed by atoms with Crippen LogP contribution in [-0.4, -0.2) is 4.98 Å². The van der Waals surface area contributed by atoms with Crippen LogP contribution in [0.3, 0.4) is 0 Å². The molecule has 2 rings (SSSR count). The van der Waals surface area contributed by atoms with Crippen LogP contribution in [0, 0.1) is 18.6 Å². The molecule has 3 nitrogen and oxygen atoms in total. The molecule has 0 aliphatic rings. The second-order valence-corrected chi connectivity index (χ2v) is 4.04. The molecule has 94 valence electrons. The van der Waals surface area contributed by atoms with Crippen LogP contribution in [0.1, 0.15) is 22.7 Å². The van der Waals surface area contributed by atoms with E-state index in [0.717, 1.165) is 11.6 Å². The molecule has 0 bridgehead atoms. The van der Waals surface area contributed by atoms with Crippen LogP contribution in [0.5, 0.6) is 0 Å². The molecule has 1 atom stereocenters. The van der Waals surface area contributed by atoms with Crippen molar-refractivity contribution in [3.63, 3.8) is 0 Å². The van der Waals surface area contributed by atoms with Gasteiger partial charge in [-0.25, -0.2) is 14.2 Å². The molecule has 1 unspecified atom stereocenters. The zero-order valence-electron chi connectivity index (χ0n) is 9.82. The van der Waals surface area contributed by atoms with Crippen molar-refractivity contribution in [1.29, 1.82) is 0 Å². The fraction of sp³-hybridized carbons (Fsp3) is 0.154. The van der Waals surface area contributed by atoms with Gasteiger partial charge in [0.05, 0.1) is 6.04 Å². The average molecular weight is 249 g/mol. The summed E-state index contributed by atoms with van der Waals surface area (Å²) in [5.41, 5.74) is 4.24. The van der Waals surface area contributed by atoms with Gasteiger partial charge in [-0.1, -0.05) is 18.2 Å². The molecule has 1 aromatic carbocycles. The Hall–Kier alpha value is -1.85. The third-order valence-electron chi connectivity index (χ3n) is 2.69. The predicted molar refractivity (Wildman–Crippen MR) is 64.5 cm³/mol. The first-order valence-corrected chi connectivity index (χ1v) is 5.45. The number of halogens is 2. The van der Waals surface area contributed by atoms with Crippen LogP contribution in [0.4, 0.5) is 8.78 Å². The average Bonchev–Trinajstić information content (AvgIpc) is 2.35. The van der Waals surface area contributed by atoms with E-state index in [1.165, 1.54) is 12.1 Å². The van der Waals surface area contributed by atoms with Gasteiger partial charge in [0, 0.05) is 18.0 Å². The number of hydrazine groups is 1. The first kappa shape index (κ1) is 12.6. The Morgan fingerprint density at radius 3 is 2.72 bits per heavy atom. The monoisotopic (exact) mass is 249 g/mol. The van der Waals surface area contributed by atoms with Crippen molar-refractivity contribution < 1.29 is 8.78 Å². The number of pyridine rings is 1. The standard InChI is InChI=1S/C13H13F2N3/c1-8-5-9(7-17-6-8)13(18-16)10-3-2-4-11(14)12(10)15/h2-7,13,18H,16H2,1H3. The molecule has 3 N–H and O–H groups in total. The van der Waals surface area contributed by atoms with Crippen LogP contribution in [-0.2, 0) is 0 Å². The van der Waals surface area contributed by atoms with Gasteiger partial charge < -0.3 is 0 Å². The number of rotatable bonds is 3. The molecule has 0 saturated heterocycles. The lowest BCUT2D eigenvalue weighted by molar-refractivity contribution is 0.483. The second kappa shape index (κ2) is 5.20. The fourth-order valence-corrected chi connectivity index (χ4v) is 1.85. The van der Waals surface area contributed by atoms with Crippen LogP contribution in [0.2, 0.25) is 0 Å². The normalized spacial score (nSPS) is 12.4. The second-order valence-electron chi connectivity index (χ2n) is 4.04. The summed E-state index contributed by atoms with van der Waals surface area (Å²) in [6, 6.07) is 5.20. The molecule has 5 heteroatoms. The van der Waals surface area contributed by atoms with Crippen molar-refractivity contribution in [3.05, 3.63) is 65.0 Å². The Labute approximate surface area is 104 Å². The van der Waals surface area contributed by atoms with E-state index in [1.54, 1.807) is 12.4 Å². The summed E-state index contributed by atoms with van der Waals surface area (Å²) >= 11 is 0. The summed E-state index contributed by atoms with van der Waals surface area (Å²) in [7, 11) is 0. The van der Waals surface area contributed by atoms with E-state index in [4.69, 9.17) is 5.84 Å². The molecule has 2 aromatic rings. The number of nitrogens with zero attached hydrogens (tertiary/aromatic N) is 1. The minimum atomic E-state index is -0.901. The fourth-order valence-electron chi connectivity index (χ4n) is 1.85. The van der Waals surface area contributed by atoms with Gasteiger partial charge in [0.15, 0.2) is 11.6 Å². The Balaban J connectivity index is 2.49. The van der Waals surface area contributed by atoms with Gasteiger partial charge in [-0.05, 0) is 24.1 Å². The van der Waals surface area contributed by atoms with Crippen LogP contribution >= 0.6 is 0 Å². The molecular formula is C13H13F2N3. The van der Waals surface area contributed by atoms with Crippen molar-refractivity contribution >= 4 is 0 Å². The summed E-state index contributed by atoms with van der Waals surface area (Å²) < 4.78 is 26.9. The minimum absolute atomic E-state index is 0.157. The zero-order chi connectivity index (χ0) is 13.1. The van der Waals surface area contributed by atoms with E-state index in [1.807, 2.05) is 13.0 Å². The molecule has 0 radical (unpaired) electrons. The van der Waals surface area contributed by atoms with E-state index in [2.05, 4.69) is 10.4 Å². The lowest BCUT2D eigenvalue weighted by Gasteiger charge is -2.17. The van der Waals surface area contributed by atoms with E-state index in [9.17, 15) is 8.78 Å². The zero-order valence-corrected chi connectivity index (χ0v) is 9.82. The van der Waals surface area contributed by atoms with Crippen molar-refractivity contribution in [2.24, 2.45) is 5.84 Å². The summed E-state index contributed by atoms with van der Waals surface area (Å²) in [4.78, 5) is 4.02. The Morgan fingerprint density at radius 2 is 2.06 bits per heavy atom. The van der Waals surface area contributed by atoms with E-state index in [0.29, 0.717) is 5.56 Å². The molecular weight excluding hydrogens is 236 g/mol. The van der Waals surface area contributed by atoms with Crippen LogP contribution in [0.25, 0.3) is 0 Å². The maximum Gasteiger partial charge on any atom is 0.163 e. The number of nitrogens with one attached hydrogen (secondary N) is 1. The van der Waals surface area contributed by atoms with Crippen molar-refractivity contribution in [3.8, 4) is 0 Å². The summed E-state index contributed by atoms with van der Waals surface area (Å²) in [5.74, 6) is 3.64. The van der Waals surface area contributed by atoms with E-state index < -0.39 is 17.7 Å². The molecule has 1 heterocycles. The summed E-state index contributed by atoms with van der Waals surface area (Å²) in [5, 5.41) is 0. The molecule has 0 spiro atoms. The van der Waals surface area contributed by atoms with Crippen molar-refractivity contribution in [2.45, 2.75) is 13.0 Å². The van der Waals surface area contributed by atoms with Crippen LogP contribution in [0.15, 0.2) is 36.7 Å². The van der Waals surface area contributed by atoms with E-state index >= 15 is 0 Å². The summed E-state index contributed by atoms with van der Waals surface area (Å²) in [6.45, 7) is 1.87. The minimum Gasteiger partial charge on any atom is -0.271 e. The molecule has 0 amide bonds. The molecule has 1 aromatic heterocycles. The maximum atomic E-state index is 13.7. The van der Waals surface area contributed by atoms with E-state index in [-0.39, 0.29) is 5.56 Å². The molecule has 18 heavy (non-hydrogen) atoms. The Morgan fingerprint density at radius 1 is 1.28 bits per heavy atom. The third kappa shape index (κ3) is 2.37. The van der Waals surface area contributed by atoms with Gasteiger partial charge in [0.25, 0.3) is 0 Å². The topological polar surface area (TPSA) is 50.9 Å². The summed E-state index contributed by atoms with van der Waals surface area (Å²) in [6.07, 6.45) is 3.25. The van der Waals surface area contributed by atoms with Gasteiger partial charge >= 0.3 is 0 Å². The number of hydrogen-bond acceptors (Lipinski definition) is 3. The van der Waals surface area contributed by atoms with Gasteiger partial charge in [-0.2, -0.15) is 0 Å². The number of nitrogens with two attached hydrogens (primary N) is 1. The SMILES string of the molecule is Cc1cncc(C(NN)c2cccc(F)c2F)c1. The first-order chi connectivity index (χ1) is 8.63. The van der Waals surface area contributed by atoms with Crippen molar-refractivity contribution in [2.75, 3.05) is 0 Å². The first-order valence-electron chi connectivity index (χ1n) is 5.45. The molecule has 0 aliphatic heterocycles. The van der Waals surface area contributed by atoms with Crippen LogP contribution < -0.4 is 11.3 Å². The van der Waals surface area contributed by atoms with Gasteiger partial charge in [0.2, 0.25) is 0 Å². The Kier molecular flexibility index (Phi) is 3.64. The molecule has 0 saturated carbocycles. The lowest BCUT2D eigenvalue weighted by atomic mass is 9.99. The van der Waals surface area contributed by atoms with Crippen molar-refractivity contribution in [1.82, 2.24) is 10.4 Å². The highest BCUT2D eigenvalue weighted by Gasteiger charge is 2.19. The highest BCUT2D eigenvalue weighted by atomic mass is 19.2. The molecule has 0 fully saturated rings. The number of aryl methyl sites for hydroxylation is 1. The number of aromatic nitrogens is 1. The smallest absolute Gasteiger partial charge is 0.163 e. The number of hydrogen-bond donors (Lipinski definition) is 2. The maximum absolute atomic E-state index is 13.7. The number of benzene rings is 1. The largest absolute Gasteiger partial charge is 0.271 e. The van der Waals surface area contributed by atoms with Gasteiger partial charge in [-0.3, -0.25) is 10.8 Å². The van der Waals surface area contributed by atoms with Gasteiger partial charge in [0.1, 0.15) is 0 Å². The highest BCUT2D eigenvalue weighted by molar-refractivity contribution is 5.33. The highest BCUT2D eigenvalue weighted by Crippen LogP contribution is 2.25. The third-order valence-corrected chi connectivity index (χ3v) is 2.69. The van der Waals surface area contributed by atoms with Gasteiger partial charge in [-0.15, -0.1) is 0 Å². The Bertz CT molecular complexity index is 558. The molecule has 0 aliphatic carbocycles. The predicted octanol–water partition coefficient (Wildman–Crippen LogP) is 2.22.